The van der Waals surface area contributed by atoms with Gasteiger partial charge in [0.1, 0.15) is 0 Å². The maximum atomic E-state index is 11.9. The number of rotatable bonds is 0. The number of fused-ring (bicyclic) bond motifs is 1. The minimum Gasteiger partial charge on any atom is -0.314 e. The van der Waals surface area contributed by atoms with Crippen molar-refractivity contribution in [1.29, 1.82) is 0 Å². The van der Waals surface area contributed by atoms with Crippen LogP contribution < -0.4 is 4.90 Å². The molecule has 0 unspecified atom stereocenters. The van der Waals surface area contributed by atoms with Gasteiger partial charge in [0.25, 0.3) is 0 Å². The van der Waals surface area contributed by atoms with E-state index < -0.39 is 5.41 Å². The van der Waals surface area contributed by atoms with E-state index >= 15 is 0 Å². The van der Waals surface area contributed by atoms with Crippen molar-refractivity contribution in [2.45, 2.75) is 19.3 Å². The fourth-order valence-corrected chi connectivity index (χ4v) is 2.12. The van der Waals surface area contributed by atoms with Crippen molar-refractivity contribution in [1.82, 2.24) is 0 Å². The normalized spacial score (nSPS) is 18.6. The second-order valence-corrected chi connectivity index (χ2v) is 4.59. The lowest BCUT2D eigenvalue weighted by Gasteiger charge is -2.16. The molecular weight excluding hydrogens is 198 g/mol. The minimum absolute atomic E-state index is 0.120. The minimum atomic E-state index is -0.422. The Bertz CT molecular complexity index is 412. The summed E-state index contributed by atoms with van der Waals surface area (Å²) in [6.07, 6.45) is 0. The van der Waals surface area contributed by atoms with Crippen molar-refractivity contribution in [2.24, 2.45) is 0 Å². The zero-order valence-electron chi connectivity index (χ0n) is 8.47. The van der Waals surface area contributed by atoms with Gasteiger partial charge in [0.05, 0.1) is 5.41 Å². The first-order valence-corrected chi connectivity index (χ1v) is 4.90. The molecule has 0 radical (unpaired) electrons. The Hall–Kier alpha value is -1.02. The van der Waals surface area contributed by atoms with Crippen molar-refractivity contribution in [3.8, 4) is 0 Å². The van der Waals surface area contributed by atoms with Crippen LogP contribution in [0.5, 0.6) is 0 Å². The van der Waals surface area contributed by atoms with Crippen molar-refractivity contribution >= 4 is 23.2 Å². The summed E-state index contributed by atoms with van der Waals surface area (Å²) in [6.45, 7) is 3.87. The van der Waals surface area contributed by atoms with Gasteiger partial charge in [-0.1, -0.05) is 17.7 Å². The molecule has 74 valence electrons. The summed E-state index contributed by atoms with van der Waals surface area (Å²) in [5.74, 6) is 0.120. The van der Waals surface area contributed by atoms with Crippen LogP contribution in [0.3, 0.4) is 0 Å². The first-order chi connectivity index (χ1) is 6.44. The molecule has 0 saturated carbocycles. The molecule has 2 nitrogen and oxygen atoms in total. The average Bonchev–Trinajstić information content (AvgIpc) is 2.28. The monoisotopic (exact) mass is 209 g/mol. The third-order valence-electron chi connectivity index (χ3n) is 2.83. The van der Waals surface area contributed by atoms with Crippen LogP contribution in [-0.2, 0) is 10.2 Å². The van der Waals surface area contributed by atoms with E-state index in [2.05, 4.69) is 0 Å². The molecule has 1 heterocycles. The fourth-order valence-electron chi connectivity index (χ4n) is 1.95. The zero-order valence-corrected chi connectivity index (χ0v) is 9.22. The molecule has 14 heavy (non-hydrogen) atoms. The van der Waals surface area contributed by atoms with E-state index in [1.165, 1.54) is 0 Å². The van der Waals surface area contributed by atoms with Crippen LogP contribution in [0.25, 0.3) is 0 Å². The molecule has 0 spiro atoms. The third-order valence-corrected chi connectivity index (χ3v) is 3.07. The van der Waals surface area contributed by atoms with Crippen molar-refractivity contribution in [3.05, 3.63) is 28.8 Å². The van der Waals surface area contributed by atoms with E-state index in [1.807, 2.05) is 32.0 Å². The Balaban J connectivity index is 2.68. The second kappa shape index (κ2) is 2.74. The lowest BCUT2D eigenvalue weighted by molar-refractivity contribution is -0.121. The van der Waals surface area contributed by atoms with Gasteiger partial charge in [-0.3, -0.25) is 4.79 Å². The predicted molar refractivity (Wildman–Crippen MR) is 57.9 cm³/mol. The van der Waals surface area contributed by atoms with Gasteiger partial charge in [-0.15, -0.1) is 0 Å². The second-order valence-electron chi connectivity index (χ2n) is 4.15. The molecule has 1 aliphatic heterocycles. The molecule has 2 rings (SSSR count). The molecule has 3 heteroatoms. The van der Waals surface area contributed by atoms with E-state index in [1.54, 1.807) is 11.9 Å². The lowest BCUT2D eigenvalue weighted by atomic mass is 9.86. The summed E-state index contributed by atoms with van der Waals surface area (Å²) in [7, 11) is 1.78. The van der Waals surface area contributed by atoms with Crippen LogP contribution in [0.15, 0.2) is 18.2 Å². The van der Waals surface area contributed by atoms with Crippen molar-refractivity contribution < 1.29 is 4.79 Å². The molecule has 0 aliphatic carbocycles. The number of halogens is 1. The Morgan fingerprint density at radius 1 is 1.36 bits per heavy atom. The highest BCUT2D eigenvalue weighted by Crippen LogP contribution is 2.41. The topological polar surface area (TPSA) is 20.3 Å². The van der Waals surface area contributed by atoms with Crippen LogP contribution >= 0.6 is 11.6 Å². The smallest absolute Gasteiger partial charge is 0.236 e. The highest BCUT2D eigenvalue weighted by atomic mass is 35.5. The Morgan fingerprint density at radius 2 is 2.00 bits per heavy atom. The number of benzene rings is 1. The number of hydrogen-bond acceptors (Lipinski definition) is 1. The number of anilines is 1. The standard InChI is InChI=1S/C11H12ClNO/c1-11(2)8-5-4-7(12)6-9(8)13(3)10(11)14/h4-6H,1-3H3. The third kappa shape index (κ3) is 1.07. The average molecular weight is 210 g/mol. The van der Waals surface area contributed by atoms with Gasteiger partial charge in [-0.05, 0) is 31.5 Å². The van der Waals surface area contributed by atoms with Gasteiger partial charge in [0.2, 0.25) is 5.91 Å². The molecule has 1 aromatic rings. The fraction of sp³-hybridized carbons (Fsp3) is 0.364. The first kappa shape index (κ1) is 9.53. The molecule has 1 amide bonds. The summed E-state index contributed by atoms with van der Waals surface area (Å²) in [5.41, 5.74) is 1.55. The number of carbonyl (C=O) groups is 1. The highest BCUT2D eigenvalue weighted by molar-refractivity contribution is 6.31. The van der Waals surface area contributed by atoms with E-state index in [9.17, 15) is 4.79 Å². The Kier molecular flexibility index (Phi) is 1.86. The lowest BCUT2D eigenvalue weighted by Crippen LogP contribution is -2.33. The largest absolute Gasteiger partial charge is 0.314 e. The first-order valence-electron chi connectivity index (χ1n) is 4.53. The predicted octanol–water partition coefficient (Wildman–Crippen LogP) is 2.59. The number of hydrogen-bond donors (Lipinski definition) is 0. The maximum absolute atomic E-state index is 11.9. The molecule has 1 aromatic carbocycles. The van der Waals surface area contributed by atoms with Gasteiger partial charge in [-0.25, -0.2) is 0 Å². The summed E-state index contributed by atoms with van der Waals surface area (Å²) in [4.78, 5) is 13.5. The molecule has 1 aliphatic rings. The van der Waals surface area contributed by atoms with Gasteiger partial charge in [0, 0.05) is 17.8 Å². The maximum Gasteiger partial charge on any atom is 0.236 e. The molecular formula is C11H12ClNO. The van der Waals surface area contributed by atoms with Gasteiger partial charge < -0.3 is 4.90 Å². The molecule has 0 fully saturated rings. The SMILES string of the molecule is CN1C(=O)C(C)(C)c2ccc(Cl)cc21. The van der Waals surface area contributed by atoms with Gasteiger partial charge in [0.15, 0.2) is 0 Å². The van der Waals surface area contributed by atoms with E-state index in [4.69, 9.17) is 11.6 Å². The Labute approximate surface area is 88.5 Å². The van der Waals surface area contributed by atoms with E-state index in [0.717, 1.165) is 11.3 Å². The summed E-state index contributed by atoms with van der Waals surface area (Å²) >= 11 is 5.89. The van der Waals surface area contributed by atoms with E-state index in [0.29, 0.717) is 5.02 Å². The van der Waals surface area contributed by atoms with Crippen LogP contribution in [0.4, 0.5) is 5.69 Å². The number of amides is 1. The van der Waals surface area contributed by atoms with Crippen molar-refractivity contribution in [3.63, 3.8) is 0 Å². The quantitative estimate of drug-likeness (QED) is 0.643. The van der Waals surface area contributed by atoms with Gasteiger partial charge >= 0.3 is 0 Å². The molecule has 0 atom stereocenters. The number of carbonyl (C=O) groups excluding carboxylic acids is 1. The number of nitrogens with zero attached hydrogens (tertiary/aromatic N) is 1. The zero-order chi connectivity index (χ0) is 10.5. The molecule has 0 bridgehead atoms. The van der Waals surface area contributed by atoms with Gasteiger partial charge in [-0.2, -0.15) is 0 Å². The molecule has 0 N–H and O–H groups in total. The van der Waals surface area contributed by atoms with Crippen LogP contribution in [0.1, 0.15) is 19.4 Å². The highest BCUT2D eigenvalue weighted by Gasteiger charge is 2.41. The van der Waals surface area contributed by atoms with E-state index in [-0.39, 0.29) is 5.91 Å². The van der Waals surface area contributed by atoms with Crippen LogP contribution in [-0.4, -0.2) is 13.0 Å². The molecule has 0 saturated heterocycles. The molecule has 0 aromatic heterocycles. The van der Waals surface area contributed by atoms with Crippen LogP contribution in [0, 0.1) is 0 Å². The van der Waals surface area contributed by atoms with Crippen molar-refractivity contribution in [2.75, 3.05) is 11.9 Å². The van der Waals surface area contributed by atoms with Crippen LogP contribution in [0.2, 0.25) is 5.02 Å². The summed E-state index contributed by atoms with van der Waals surface area (Å²) in [6, 6.07) is 5.59. The Morgan fingerprint density at radius 3 is 2.64 bits per heavy atom. The summed E-state index contributed by atoms with van der Waals surface area (Å²) < 4.78 is 0. The number of likely N-dealkylation sites (N-methyl/N-ethyl adjacent to an activating group) is 1. The summed E-state index contributed by atoms with van der Waals surface area (Å²) in [5, 5.41) is 0.668.